The van der Waals surface area contributed by atoms with Crippen LogP contribution in [0, 0.1) is 5.92 Å². The van der Waals surface area contributed by atoms with Crippen molar-refractivity contribution in [3.8, 4) is 0 Å². The zero-order chi connectivity index (χ0) is 13.4. The van der Waals surface area contributed by atoms with E-state index < -0.39 is 0 Å². The van der Waals surface area contributed by atoms with E-state index in [2.05, 4.69) is 12.2 Å². The Morgan fingerprint density at radius 2 is 2.22 bits per heavy atom. The van der Waals surface area contributed by atoms with Crippen LogP contribution in [0.1, 0.15) is 52.4 Å². The first-order chi connectivity index (χ1) is 8.67. The fraction of sp³-hybridized carbons (Fsp3) is 0.929. The molecule has 2 N–H and O–H groups in total. The van der Waals surface area contributed by atoms with Gasteiger partial charge in [0.05, 0.1) is 12.7 Å². The van der Waals surface area contributed by atoms with E-state index in [1.807, 2.05) is 6.92 Å². The Morgan fingerprint density at radius 1 is 1.44 bits per heavy atom. The van der Waals surface area contributed by atoms with E-state index >= 15 is 0 Å². The van der Waals surface area contributed by atoms with Gasteiger partial charge in [0.2, 0.25) is 0 Å². The molecule has 0 bridgehead atoms. The van der Waals surface area contributed by atoms with Crippen LogP contribution in [0.15, 0.2) is 0 Å². The van der Waals surface area contributed by atoms with Gasteiger partial charge in [-0.2, -0.15) is 0 Å². The van der Waals surface area contributed by atoms with Crippen LogP contribution in [-0.4, -0.2) is 36.4 Å². The van der Waals surface area contributed by atoms with Gasteiger partial charge >= 0.3 is 5.97 Å². The molecule has 106 valence electrons. The lowest BCUT2D eigenvalue weighted by atomic mass is 9.87. The highest BCUT2D eigenvalue weighted by Gasteiger charge is 2.23. The number of aliphatic hydroxyl groups excluding tert-OH is 1. The molecule has 0 aromatic carbocycles. The van der Waals surface area contributed by atoms with E-state index in [0.29, 0.717) is 12.5 Å². The summed E-state index contributed by atoms with van der Waals surface area (Å²) in [5, 5.41) is 12.9. The minimum absolute atomic E-state index is 0.143. The summed E-state index contributed by atoms with van der Waals surface area (Å²) < 4.78 is 5.07. The average Bonchev–Trinajstić information content (AvgIpc) is 2.35. The van der Waals surface area contributed by atoms with Crippen molar-refractivity contribution in [1.82, 2.24) is 5.32 Å². The minimum Gasteiger partial charge on any atom is -0.465 e. The molecule has 0 saturated heterocycles. The third kappa shape index (κ3) is 5.36. The lowest BCUT2D eigenvalue weighted by Gasteiger charge is -2.27. The molecule has 0 heterocycles. The Hall–Kier alpha value is -0.610. The molecule has 0 spiro atoms. The number of carbonyl (C=O) groups excluding carboxylic acids is 1. The largest absolute Gasteiger partial charge is 0.465 e. The van der Waals surface area contributed by atoms with Gasteiger partial charge in [-0.05, 0) is 45.1 Å². The molecule has 1 aliphatic carbocycles. The van der Waals surface area contributed by atoms with Crippen LogP contribution in [0.3, 0.4) is 0 Å². The Morgan fingerprint density at radius 3 is 2.83 bits per heavy atom. The molecule has 0 radical (unpaired) electrons. The van der Waals surface area contributed by atoms with E-state index in [0.717, 1.165) is 45.1 Å². The highest BCUT2D eigenvalue weighted by molar-refractivity contribution is 5.75. The van der Waals surface area contributed by atoms with Gasteiger partial charge in [0.25, 0.3) is 0 Å². The fourth-order valence-electron chi connectivity index (χ4n) is 2.59. The molecule has 1 fully saturated rings. The van der Waals surface area contributed by atoms with Crippen LogP contribution in [-0.2, 0) is 9.53 Å². The van der Waals surface area contributed by atoms with Crippen molar-refractivity contribution in [3.05, 3.63) is 0 Å². The molecule has 0 amide bonds. The quantitative estimate of drug-likeness (QED) is 0.683. The van der Waals surface area contributed by atoms with E-state index in [4.69, 9.17) is 4.74 Å². The van der Waals surface area contributed by atoms with E-state index in [-0.39, 0.29) is 18.1 Å². The number of esters is 1. The summed E-state index contributed by atoms with van der Waals surface area (Å²) in [6, 6.07) is -0.186. The van der Waals surface area contributed by atoms with E-state index in [9.17, 15) is 9.90 Å². The van der Waals surface area contributed by atoms with Gasteiger partial charge in [-0.1, -0.05) is 19.8 Å². The molecule has 1 rings (SSSR count). The summed E-state index contributed by atoms with van der Waals surface area (Å²) in [5.74, 6) is 0.346. The van der Waals surface area contributed by atoms with Crippen molar-refractivity contribution < 1.29 is 14.6 Å². The third-order valence-electron chi connectivity index (χ3n) is 3.56. The maximum atomic E-state index is 11.7. The molecular formula is C14H27NO3. The maximum Gasteiger partial charge on any atom is 0.323 e. The number of aliphatic hydroxyl groups is 1. The predicted octanol–water partition coefficient (Wildman–Crippen LogP) is 1.86. The Balaban J connectivity index is 2.34. The van der Waals surface area contributed by atoms with Crippen molar-refractivity contribution in [2.75, 3.05) is 13.2 Å². The minimum atomic E-state index is -0.186. The molecule has 0 aromatic heterocycles. The van der Waals surface area contributed by atoms with Gasteiger partial charge in [0.1, 0.15) is 6.04 Å². The number of ether oxygens (including phenoxy) is 1. The van der Waals surface area contributed by atoms with Crippen molar-refractivity contribution in [3.63, 3.8) is 0 Å². The predicted molar refractivity (Wildman–Crippen MR) is 71.3 cm³/mol. The average molecular weight is 257 g/mol. The molecular weight excluding hydrogens is 230 g/mol. The first-order valence-electron chi connectivity index (χ1n) is 7.25. The second-order valence-electron chi connectivity index (χ2n) is 5.19. The monoisotopic (exact) mass is 257 g/mol. The van der Waals surface area contributed by atoms with Gasteiger partial charge in [-0.3, -0.25) is 4.79 Å². The van der Waals surface area contributed by atoms with E-state index in [1.165, 1.54) is 0 Å². The van der Waals surface area contributed by atoms with Crippen molar-refractivity contribution >= 4 is 5.97 Å². The Kier molecular flexibility index (Phi) is 7.28. The number of hydrogen-bond donors (Lipinski definition) is 2. The lowest BCUT2D eigenvalue weighted by Crippen LogP contribution is -2.41. The summed E-state index contributed by atoms with van der Waals surface area (Å²) in [6.07, 6.45) is 5.63. The first-order valence-corrected chi connectivity index (χ1v) is 7.25. The molecule has 18 heavy (non-hydrogen) atoms. The molecule has 4 nitrogen and oxygen atoms in total. The lowest BCUT2D eigenvalue weighted by molar-refractivity contribution is -0.145. The molecule has 4 heteroatoms. The molecule has 3 unspecified atom stereocenters. The molecule has 1 saturated carbocycles. The van der Waals surface area contributed by atoms with Crippen LogP contribution in [0.2, 0.25) is 0 Å². The van der Waals surface area contributed by atoms with Crippen LogP contribution < -0.4 is 5.32 Å². The third-order valence-corrected chi connectivity index (χ3v) is 3.56. The fourth-order valence-corrected chi connectivity index (χ4v) is 2.59. The summed E-state index contributed by atoms with van der Waals surface area (Å²) in [5.41, 5.74) is 0. The van der Waals surface area contributed by atoms with Gasteiger partial charge in [0.15, 0.2) is 0 Å². The smallest absolute Gasteiger partial charge is 0.323 e. The van der Waals surface area contributed by atoms with Crippen molar-refractivity contribution in [2.24, 2.45) is 5.92 Å². The standard InChI is InChI=1S/C14H27NO3/c1-3-6-13(14(17)18-4-2)15-10-11-7-5-8-12(16)9-11/h11-13,15-16H,3-10H2,1-2H3. The molecule has 0 aliphatic heterocycles. The zero-order valence-electron chi connectivity index (χ0n) is 11.7. The van der Waals surface area contributed by atoms with Crippen LogP contribution in [0.5, 0.6) is 0 Å². The van der Waals surface area contributed by atoms with Crippen LogP contribution in [0.4, 0.5) is 0 Å². The molecule has 0 aromatic rings. The van der Waals surface area contributed by atoms with Gasteiger partial charge < -0.3 is 15.2 Å². The SMILES string of the molecule is CCCC(NCC1CCCC(O)C1)C(=O)OCC. The number of rotatable bonds is 7. The number of hydrogen-bond acceptors (Lipinski definition) is 4. The normalized spacial score (nSPS) is 25.7. The molecule has 1 aliphatic rings. The second-order valence-corrected chi connectivity index (χ2v) is 5.19. The van der Waals surface area contributed by atoms with E-state index in [1.54, 1.807) is 0 Å². The summed E-state index contributed by atoms with van der Waals surface area (Å²) in [4.78, 5) is 11.7. The van der Waals surface area contributed by atoms with Crippen LogP contribution in [0.25, 0.3) is 0 Å². The van der Waals surface area contributed by atoms with Gasteiger partial charge in [0, 0.05) is 0 Å². The topological polar surface area (TPSA) is 58.6 Å². The zero-order valence-corrected chi connectivity index (χ0v) is 11.7. The Bertz CT molecular complexity index is 245. The van der Waals surface area contributed by atoms with Gasteiger partial charge in [-0.15, -0.1) is 0 Å². The second kappa shape index (κ2) is 8.48. The molecule has 3 atom stereocenters. The summed E-state index contributed by atoms with van der Waals surface area (Å²) in [7, 11) is 0. The first kappa shape index (κ1) is 15.4. The van der Waals surface area contributed by atoms with Gasteiger partial charge in [-0.25, -0.2) is 0 Å². The van der Waals surface area contributed by atoms with Crippen molar-refractivity contribution in [1.29, 1.82) is 0 Å². The highest BCUT2D eigenvalue weighted by atomic mass is 16.5. The maximum absolute atomic E-state index is 11.7. The van der Waals surface area contributed by atoms with Crippen molar-refractivity contribution in [2.45, 2.75) is 64.5 Å². The number of nitrogens with one attached hydrogen (secondary N) is 1. The van der Waals surface area contributed by atoms with Crippen LogP contribution >= 0.6 is 0 Å². The number of carbonyl (C=O) groups is 1. The summed E-state index contributed by atoms with van der Waals surface area (Å²) in [6.45, 7) is 5.14. The summed E-state index contributed by atoms with van der Waals surface area (Å²) >= 11 is 0. The Labute approximate surface area is 110 Å². The highest BCUT2D eigenvalue weighted by Crippen LogP contribution is 2.23.